The molecule has 0 atom stereocenters. The van der Waals surface area contributed by atoms with E-state index in [4.69, 9.17) is 27.7 Å². The lowest BCUT2D eigenvalue weighted by Gasteiger charge is -1.85. The molecule has 0 amide bonds. The number of carboxylic acid groups (broad SMARTS) is 2. The van der Waals surface area contributed by atoms with Gasteiger partial charge in [-0.2, -0.15) is 8.42 Å². The van der Waals surface area contributed by atoms with E-state index in [1.165, 1.54) is 0 Å². The van der Waals surface area contributed by atoms with Crippen molar-refractivity contribution in [1.82, 2.24) is 12.3 Å². The molecule has 0 aliphatic rings. The highest BCUT2D eigenvalue weighted by Gasteiger charge is 2.00. The zero-order chi connectivity index (χ0) is 11.1. The van der Waals surface area contributed by atoms with Crippen molar-refractivity contribution < 1.29 is 37.3 Å². The summed E-state index contributed by atoms with van der Waals surface area (Å²) >= 11 is 0. The zero-order valence-electron chi connectivity index (χ0n) is 7.66. The topological polar surface area (TPSA) is 219 Å². The average Bonchev–Trinajstić information content (AvgIpc) is 1.79. The molecule has 10 nitrogen and oxygen atoms in total. The minimum Gasteiger partial charge on any atom is -0.481 e. The van der Waals surface area contributed by atoms with Crippen molar-refractivity contribution in [1.29, 1.82) is 0 Å². The van der Waals surface area contributed by atoms with E-state index >= 15 is 0 Å². The van der Waals surface area contributed by atoms with Gasteiger partial charge in [-0.25, -0.2) is 0 Å². The van der Waals surface area contributed by atoms with E-state index in [0.717, 1.165) is 0 Å². The van der Waals surface area contributed by atoms with Gasteiger partial charge < -0.3 is 22.5 Å². The third-order valence-corrected chi connectivity index (χ3v) is 0.553. The van der Waals surface area contributed by atoms with Gasteiger partial charge in [0.15, 0.2) is 0 Å². The van der Waals surface area contributed by atoms with Crippen LogP contribution in [0.3, 0.4) is 0 Å². The Labute approximate surface area is 85.7 Å². The molecule has 0 unspecified atom stereocenters. The summed E-state index contributed by atoms with van der Waals surface area (Å²) in [4.78, 5) is 19.3. The molecule has 10 N–H and O–H groups in total. The third kappa shape index (κ3) is 105. The molecule has 0 heterocycles. The number of hydrogen-bond acceptors (Lipinski definition) is 6. The van der Waals surface area contributed by atoms with Crippen LogP contribution in [0, 0.1) is 0 Å². The highest BCUT2D eigenvalue weighted by atomic mass is 32.3. The Bertz CT molecular complexity index is 250. The Kier molecular flexibility index (Phi) is 16.9. The minimum atomic E-state index is -4.67. The zero-order valence-corrected chi connectivity index (χ0v) is 8.48. The van der Waals surface area contributed by atoms with Gasteiger partial charge in [0.1, 0.15) is 0 Å². The van der Waals surface area contributed by atoms with E-state index < -0.39 is 22.3 Å². The fourth-order valence-corrected chi connectivity index (χ4v) is 0.214. The first kappa shape index (κ1) is 23.5. The monoisotopic (exact) mass is 250 g/mol. The molecular formula is C4H14N2O8S. The van der Waals surface area contributed by atoms with E-state index in [1.54, 1.807) is 0 Å². The van der Waals surface area contributed by atoms with Crippen molar-refractivity contribution in [2.45, 2.75) is 12.8 Å². The Balaban J connectivity index is -0.0000000770. The van der Waals surface area contributed by atoms with Crippen molar-refractivity contribution in [3.63, 3.8) is 0 Å². The summed E-state index contributed by atoms with van der Waals surface area (Å²) in [6.45, 7) is 0. The van der Waals surface area contributed by atoms with Gasteiger partial charge in [-0.3, -0.25) is 18.7 Å². The lowest BCUT2D eigenvalue weighted by atomic mass is 10.3. The van der Waals surface area contributed by atoms with Crippen molar-refractivity contribution in [3.8, 4) is 0 Å². The predicted molar refractivity (Wildman–Crippen MR) is 48.7 cm³/mol. The van der Waals surface area contributed by atoms with Crippen LogP contribution in [0.15, 0.2) is 0 Å². The fourth-order valence-electron chi connectivity index (χ4n) is 0.214. The first-order valence-electron chi connectivity index (χ1n) is 2.76. The van der Waals surface area contributed by atoms with Gasteiger partial charge in [-0.05, 0) is 0 Å². The summed E-state index contributed by atoms with van der Waals surface area (Å²) in [7, 11) is -4.67. The summed E-state index contributed by atoms with van der Waals surface area (Å²) in [6, 6.07) is 0. The molecule has 0 aromatic carbocycles. The molecule has 0 aromatic rings. The van der Waals surface area contributed by atoms with Crippen LogP contribution < -0.4 is 12.3 Å². The summed E-state index contributed by atoms with van der Waals surface area (Å²) < 4.78 is 31.6. The standard InChI is InChI=1S/C4H6O4.2H3N.H2O4S/c5-3(6)1-2-4(7)8;;;1-5(2,3)4/h1-2H2,(H,5,6)(H,7,8);2*1H3;(H2,1,2,3,4). The molecule has 0 radical (unpaired) electrons. The smallest absolute Gasteiger partial charge is 0.394 e. The van der Waals surface area contributed by atoms with Gasteiger partial charge in [0.25, 0.3) is 0 Å². The predicted octanol–water partition coefficient (Wildman–Crippen LogP) is -0.393. The maximum atomic E-state index is 9.64. The van der Waals surface area contributed by atoms with Crippen LogP contribution in [0.5, 0.6) is 0 Å². The third-order valence-electron chi connectivity index (χ3n) is 0.553. The van der Waals surface area contributed by atoms with Crippen molar-refractivity contribution in [2.24, 2.45) is 0 Å². The summed E-state index contributed by atoms with van der Waals surface area (Å²) in [5, 5.41) is 15.8. The summed E-state index contributed by atoms with van der Waals surface area (Å²) in [5.74, 6) is -2.15. The second-order valence-corrected chi connectivity index (χ2v) is 2.63. The maximum Gasteiger partial charge on any atom is 0.394 e. The van der Waals surface area contributed by atoms with E-state index in [0.29, 0.717) is 0 Å². The van der Waals surface area contributed by atoms with E-state index in [-0.39, 0.29) is 25.1 Å². The quantitative estimate of drug-likeness (QED) is 0.356. The van der Waals surface area contributed by atoms with E-state index in [2.05, 4.69) is 0 Å². The molecule has 0 fully saturated rings. The Hall–Kier alpha value is -1.27. The molecular weight excluding hydrogens is 236 g/mol. The second kappa shape index (κ2) is 10.8. The maximum absolute atomic E-state index is 9.64. The minimum absolute atomic E-state index is 0. The van der Waals surface area contributed by atoms with Gasteiger partial charge in [-0.15, -0.1) is 0 Å². The van der Waals surface area contributed by atoms with Crippen molar-refractivity contribution >= 4 is 22.3 Å². The molecule has 94 valence electrons. The van der Waals surface area contributed by atoms with Gasteiger partial charge >= 0.3 is 22.3 Å². The Morgan fingerprint density at radius 2 is 1.00 bits per heavy atom. The Morgan fingerprint density at radius 1 is 0.867 bits per heavy atom. The number of carbonyl (C=O) groups is 2. The first-order chi connectivity index (χ1) is 5.63. The number of hydrogen-bond donors (Lipinski definition) is 6. The van der Waals surface area contributed by atoms with Gasteiger partial charge in [0.2, 0.25) is 0 Å². The number of rotatable bonds is 3. The molecule has 0 aliphatic heterocycles. The van der Waals surface area contributed by atoms with Crippen LogP contribution in [-0.2, 0) is 20.0 Å². The summed E-state index contributed by atoms with van der Waals surface area (Å²) in [6.07, 6.45) is -0.593. The lowest BCUT2D eigenvalue weighted by molar-refractivity contribution is -0.143. The Morgan fingerprint density at radius 3 is 1.07 bits per heavy atom. The van der Waals surface area contributed by atoms with E-state index in [1.807, 2.05) is 0 Å². The van der Waals surface area contributed by atoms with Crippen molar-refractivity contribution in [2.75, 3.05) is 0 Å². The van der Waals surface area contributed by atoms with Crippen LogP contribution in [0.4, 0.5) is 0 Å². The largest absolute Gasteiger partial charge is 0.481 e. The van der Waals surface area contributed by atoms with Crippen molar-refractivity contribution in [3.05, 3.63) is 0 Å². The molecule has 0 bridgehead atoms. The van der Waals surface area contributed by atoms with Crippen LogP contribution in [0.25, 0.3) is 0 Å². The SMILES string of the molecule is N.N.O=C(O)CCC(=O)O.O=S(=O)(O)O. The van der Waals surface area contributed by atoms with Crippen LogP contribution in [0.2, 0.25) is 0 Å². The van der Waals surface area contributed by atoms with Crippen LogP contribution >= 0.6 is 0 Å². The van der Waals surface area contributed by atoms with Crippen LogP contribution in [0.1, 0.15) is 12.8 Å². The lowest BCUT2D eigenvalue weighted by Crippen LogP contribution is -2.00. The molecule has 0 aromatic heterocycles. The molecule has 0 saturated carbocycles. The molecule has 0 spiro atoms. The summed E-state index contributed by atoms with van der Waals surface area (Å²) in [5.41, 5.74) is 0. The molecule has 0 saturated heterocycles. The van der Waals surface area contributed by atoms with Gasteiger partial charge in [-0.1, -0.05) is 0 Å². The normalized spacial score (nSPS) is 8.40. The molecule has 15 heavy (non-hydrogen) atoms. The molecule has 0 aliphatic carbocycles. The molecule has 0 rings (SSSR count). The number of aliphatic carboxylic acids is 2. The highest BCUT2D eigenvalue weighted by molar-refractivity contribution is 7.79. The first-order valence-corrected chi connectivity index (χ1v) is 4.16. The van der Waals surface area contributed by atoms with E-state index in [9.17, 15) is 9.59 Å². The van der Waals surface area contributed by atoms with Gasteiger partial charge in [0.05, 0.1) is 12.8 Å². The second-order valence-electron chi connectivity index (χ2n) is 1.74. The highest BCUT2D eigenvalue weighted by Crippen LogP contribution is 1.86. The molecule has 11 heteroatoms. The number of carboxylic acids is 2. The van der Waals surface area contributed by atoms with Gasteiger partial charge in [0, 0.05) is 0 Å². The fraction of sp³-hybridized carbons (Fsp3) is 0.500. The van der Waals surface area contributed by atoms with Crippen LogP contribution in [-0.4, -0.2) is 39.7 Å². The average molecular weight is 250 g/mol.